The first-order chi connectivity index (χ1) is 10.8. The number of rotatable bonds is 3. The number of nitriles is 1. The van der Waals surface area contributed by atoms with Crippen LogP contribution < -0.4 is 0 Å². The highest BCUT2D eigenvalue weighted by Gasteiger charge is 2.23. The zero-order valence-electron chi connectivity index (χ0n) is 13.9. The Hall–Kier alpha value is -1.29. The van der Waals surface area contributed by atoms with Crippen LogP contribution in [0.2, 0.25) is 0 Å². The van der Waals surface area contributed by atoms with Crippen LogP contribution in [0.4, 0.5) is 0 Å². The molecule has 0 spiro atoms. The normalized spacial score (nSPS) is 32.4. The Morgan fingerprint density at radius 1 is 0.818 bits per heavy atom. The highest BCUT2D eigenvalue weighted by atomic mass is 14.3. The van der Waals surface area contributed by atoms with Crippen LogP contribution in [0.5, 0.6) is 0 Å². The van der Waals surface area contributed by atoms with E-state index in [1.54, 1.807) is 5.56 Å². The van der Waals surface area contributed by atoms with E-state index in [4.69, 9.17) is 5.26 Å². The van der Waals surface area contributed by atoms with Crippen molar-refractivity contribution in [1.82, 2.24) is 0 Å². The maximum atomic E-state index is 9.01. The van der Waals surface area contributed by atoms with Gasteiger partial charge in [0.15, 0.2) is 0 Å². The fourth-order valence-electron chi connectivity index (χ4n) is 4.50. The molecule has 1 heteroatoms. The average Bonchev–Trinajstić information content (AvgIpc) is 2.62. The smallest absolute Gasteiger partial charge is 0.0655 e. The summed E-state index contributed by atoms with van der Waals surface area (Å²) in [5, 5.41) is 9.01. The third-order valence-electron chi connectivity index (χ3n) is 6.21. The third kappa shape index (κ3) is 3.54. The summed E-state index contributed by atoms with van der Waals surface area (Å²) in [6, 6.07) is 12.0. The molecule has 1 aromatic carbocycles. The fraction of sp³-hybridized carbons (Fsp3) is 0.667. The fourth-order valence-corrected chi connectivity index (χ4v) is 4.50. The van der Waals surface area contributed by atoms with Gasteiger partial charge in [0.1, 0.15) is 0 Å². The summed E-state index contributed by atoms with van der Waals surface area (Å²) >= 11 is 0. The lowest BCUT2D eigenvalue weighted by atomic mass is 9.76. The van der Waals surface area contributed by atoms with Crippen LogP contribution in [-0.2, 0) is 0 Å². The van der Waals surface area contributed by atoms with Gasteiger partial charge < -0.3 is 0 Å². The van der Waals surface area contributed by atoms with Gasteiger partial charge in [-0.3, -0.25) is 0 Å². The van der Waals surface area contributed by atoms with E-state index in [1.165, 1.54) is 50.5 Å². The molecule has 118 valence electrons. The second-order valence-corrected chi connectivity index (χ2v) is 7.47. The molecule has 0 radical (unpaired) electrons. The summed E-state index contributed by atoms with van der Waals surface area (Å²) in [7, 11) is 0. The Kier molecular flexibility index (Phi) is 5.19. The summed E-state index contributed by atoms with van der Waals surface area (Å²) in [5.41, 5.74) is 3.06. The molecule has 0 heterocycles. The van der Waals surface area contributed by atoms with Gasteiger partial charge in [-0.1, -0.05) is 37.6 Å². The van der Waals surface area contributed by atoms with Crippen LogP contribution in [0.1, 0.15) is 87.7 Å². The number of hydrogen-bond donors (Lipinski definition) is 0. The Bertz CT molecular complexity index is 494. The van der Waals surface area contributed by atoms with Crippen LogP contribution in [0.15, 0.2) is 24.3 Å². The Labute approximate surface area is 135 Å². The molecule has 0 atom stereocenters. The molecule has 0 amide bonds. The minimum atomic E-state index is 0.310. The van der Waals surface area contributed by atoms with Crippen molar-refractivity contribution < 1.29 is 0 Å². The van der Waals surface area contributed by atoms with Crippen LogP contribution in [0.3, 0.4) is 0 Å². The van der Waals surface area contributed by atoms with Crippen molar-refractivity contribution in [3.8, 4) is 6.07 Å². The Morgan fingerprint density at radius 2 is 1.27 bits per heavy atom. The van der Waals surface area contributed by atoms with Crippen LogP contribution in [-0.4, -0.2) is 0 Å². The summed E-state index contributed by atoms with van der Waals surface area (Å²) in [6.07, 6.45) is 11.5. The molecular formula is C21H29N. The number of benzene rings is 1. The molecule has 1 aromatic rings. The van der Waals surface area contributed by atoms with Crippen molar-refractivity contribution in [3.63, 3.8) is 0 Å². The quantitative estimate of drug-likeness (QED) is 0.654. The van der Waals surface area contributed by atoms with E-state index in [0.717, 1.165) is 24.7 Å². The predicted molar refractivity (Wildman–Crippen MR) is 91.7 cm³/mol. The molecular weight excluding hydrogens is 266 g/mol. The van der Waals surface area contributed by atoms with Gasteiger partial charge in [-0.25, -0.2) is 0 Å². The number of hydrogen-bond acceptors (Lipinski definition) is 1. The van der Waals surface area contributed by atoms with Gasteiger partial charge in [0, 0.05) is 5.92 Å². The van der Waals surface area contributed by atoms with E-state index in [0.29, 0.717) is 11.8 Å². The first-order valence-electron chi connectivity index (χ1n) is 9.29. The summed E-state index contributed by atoms with van der Waals surface area (Å²) in [6.45, 7) is 2.33. The van der Waals surface area contributed by atoms with Crippen molar-refractivity contribution >= 4 is 0 Å². The van der Waals surface area contributed by atoms with Crippen LogP contribution in [0, 0.1) is 23.2 Å². The molecule has 22 heavy (non-hydrogen) atoms. The van der Waals surface area contributed by atoms with Crippen LogP contribution in [0.25, 0.3) is 0 Å². The predicted octanol–water partition coefficient (Wildman–Crippen LogP) is 6.17. The average molecular weight is 295 g/mol. The molecule has 2 fully saturated rings. The summed E-state index contributed by atoms with van der Waals surface area (Å²) in [5.74, 6) is 2.77. The van der Waals surface area contributed by atoms with Crippen molar-refractivity contribution in [2.75, 3.05) is 0 Å². The largest absolute Gasteiger partial charge is 0.198 e. The van der Waals surface area contributed by atoms with Crippen molar-refractivity contribution in [2.45, 2.75) is 76.5 Å². The molecule has 2 aliphatic rings. The van der Waals surface area contributed by atoms with Crippen molar-refractivity contribution in [2.24, 2.45) is 11.8 Å². The summed E-state index contributed by atoms with van der Waals surface area (Å²) < 4.78 is 0. The molecule has 0 unspecified atom stereocenters. The second kappa shape index (κ2) is 7.32. The van der Waals surface area contributed by atoms with Gasteiger partial charge in [-0.05, 0) is 80.2 Å². The highest BCUT2D eigenvalue weighted by Crippen LogP contribution is 2.39. The van der Waals surface area contributed by atoms with E-state index in [1.807, 2.05) is 0 Å². The van der Waals surface area contributed by atoms with Gasteiger partial charge in [-0.15, -0.1) is 0 Å². The van der Waals surface area contributed by atoms with Gasteiger partial charge in [0.05, 0.1) is 6.07 Å². The van der Waals surface area contributed by atoms with E-state index in [9.17, 15) is 0 Å². The zero-order valence-corrected chi connectivity index (χ0v) is 13.9. The maximum Gasteiger partial charge on any atom is 0.0655 e. The topological polar surface area (TPSA) is 23.8 Å². The third-order valence-corrected chi connectivity index (χ3v) is 6.21. The van der Waals surface area contributed by atoms with Crippen molar-refractivity contribution in [1.29, 1.82) is 5.26 Å². The molecule has 0 bridgehead atoms. The monoisotopic (exact) mass is 295 g/mol. The Balaban J connectivity index is 1.58. The van der Waals surface area contributed by atoms with Gasteiger partial charge >= 0.3 is 0 Å². The molecule has 0 aromatic heterocycles. The molecule has 3 rings (SSSR count). The molecule has 0 saturated heterocycles. The van der Waals surface area contributed by atoms with E-state index in [2.05, 4.69) is 37.3 Å². The molecule has 0 aliphatic heterocycles. The van der Waals surface area contributed by atoms with Crippen molar-refractivity contribution in [3.05, 3.63) is 35.4 Å². The minimum absolute atomic E-state index is 0.310. The molecule has 2 aliphatic carbocycles. The minimum Gasteiger partial charge on any atom is -0.198 e. The lowest BCUT2D eigenvalue weighted by Crippen LogP contribution is -2.13. The first-order valence-corrected chi connectivity index (χ1v) is 9.29. The maximum absolute atomic E-state index is 9.01. The highest BCUT2D eigenvalue weighted by molar-refractivity contribution is 5.28. The lowest BCUT2D eigenvalue weighted by Gasteiger charge is -2.29. The van der Waals surface area contributed by atoms with E-state index < -0.39 is 0 Å². The van der Waals surface area contributed by atoms with E-state index in [-0.39, 0.29) is 0 Å². The van der Waals surface area contributed by atoms with Gasteiger partial charge in [0.25, 0.3) is 0 Å². The summed E-state index contributed by atoms with van der Waals surface area (Å²) in [4.78, 5) is 0. The molecule has 1 nitrogen and oxygen atoms in total. The second-order valence-electron chi connectivity index (χ2n) is 7.47. The van der Waals surface area contributed by atoms with Gasteiger partial charge in [-0.2, -0.15) is 5.26 Å². The van der Waals surface area contributed by atoms with E-state index >= 15 is 0 Å². The molecule has 0 N–H and O–H groups in total. The number of nitrogens with zero attached hydrogens (tertiary/aromatic N) is 1. The zero-order chi connectivity index (χ0) is 15.4. The standard InChI is InChI=1S/C21H29N/c1-2-16-3-7-18(8-4-16)20-11-13-21(14-12-20)19-9-5-17(15-22)6-10-19/h11-14,16-19H,2-10H2,1H3. The lowest BCUT2D eigenvalue weighted by molar-refractivity contribution is 0.318. The van der Waals surface area contributed by atoms with Gasteiger partial charge in [0.2, 0.25) is 0 Å². The first kappa shape index (κ1) is 15.6. The SMILES string of the molecule is CCC1CCC(c2ccc(C3CCC(C#N)CC3)cc2)CC1. The van der Waals surface area contributed by atoms with Crippen LogP contribution >= 0.6 is 0 Å². The Morgan fingerprint density at radius 3 is 1.68 bits per heavy atom. The molecule has 2 saturated carbocycles.